The topological polar surface area (TPSA) is 79.2 Å². The number of aromatic nitrogens is 4. The summed E-state index contributed by atoms with van der Waals surface area (Å²) in [4.78, 5) is 28.5. The van der Waals surface area contributed by atoms with E-state index in [1.54, 1.807) is 14.4 Å². The van der Waals surface area contributed by atoms with E-state index in [9.17, 15) is 4.79 Å². The Balaban J connectivity index is 2.03. The van der Waals surface area contributed by atoms with Gasteiger partial charge in [-0.2, -0.15) is 15.0 Å². The van der Waals surface area contributed by atoms with E-state index in [2.05, 4.69) is 20.3 Å². The Hall–Kier alpha value is -2.64. The first-order chi connectivity index (χ1) is 10.5. The number of nitrogens with zero attached hydrogens (tertiary/aromatic N) is 6. The maximum Gasteiger partial charge on any atom is 0.240 e. The first kappa shape index (κ1) is 15.7. The Morgan fingerprint density at radius 1 is 1.05 bits per heavy atom. The molecule has 2 heterocycles. The largest absolute Gasteiger partial charge is 0.347 e. The molecule has 2 aromatic rings. The molecule has 2 aromatic heterocycles. The van der Waals surface area contributed by atoms with Crippen LogP contribution in [0, 0.1) is 0 Å². The molecule has 118 valence electrons. The highest BCUT2D eigenvalue weighted by atomic mass is 16.1. The molecular weight excluding hydrogens is 282 g/mol. The number of carbonyl (C=O) groups excluding carboxylic acids is 1. The van der Waals surface area contributed by atoms with Gasteiger partial charge in [-0.3, -0.25) is 4.79 Å². The lowest BCUT2D eigenvalue weighted by molar-refractivity contribution is -0.121. The summed E-state index contributed by atoms with van der Waals surface area (Å²) < 4.78 is 1.80. The van der Waals surface area contributed by atoms with E-state index in [4.69, 9.17) is 0 Å². The number of rotatable bonds is 6. The molecule has 0 aromatic carbocycles. The van der Waals surface area contributed by atoms with Crippen LogP contribution >= 0.6 is 0 Å². The maximum atomic E-state index is 11.9. The van der Waals surface area contributed by atoms with Crippen LogP contribution in [0.3, 0.4) is 0 Å². The second-order valence-electron chi connectivity index (χ2n) is 5.27. The number of hydrogen-bond donors (Lipinski definition) is 1. The fourth-order valence-corrected chi connectivity index (χ4v) is 1.75. The van der Waals surface area contributed by atoms with Crippen molar-refractivity contribution in [2.24, 2.45) is 0 Å². The van der Waals surface area contributed by atoms with Crippen molar-refractivity contribution in [3.8, 4) is 0 Å². The average molecular weight is 303 g/mol. The minimum Gasteiger partial charge on any atom is -0.347 e. The zero-order chi connectivity index (χ0) is 16.1. The van der Waals surface area contributed by atoms with Crippen molar-refractivity contribution in [2.75, 3.05) is 38.0 Å². The molecule has 0 radical (unpaired) electrons. The van der Waals surface area contributed by atoms with Gasteiger partial charge < -0.3 is 19.7 Å². The quantitative estimate of drug-likeness (QED) is 0.817. The average Bonchev–Trinajstić information content (AvgIpc) is 2.97. The Kier molecular flexibility index (Phi) is 4.92. The first-order valence-corrected chi connectivity index (χ1v) is 6.93. The van der Waals surface area contributed by atoms with E-state index in [0.717, 1.165) is 0 Å². The Bertz CT molecular complexity index is 596. The fourth-order valence-electron chi connectivity index (χ4n) is 1.75. The SMILES string of the molecule is CN(C)c1nc(CNC(=O)Cn2cccc2)nc(N(C)C)n1. The van der Waals surface area contributed by atoms with Gasteiger partial charge in [-0.1, -0.05) is 0 Å². The molecule has 0 fully saturated rings. The third-order valence-electron chi connectivity index (χ3n) is 2.89. The molecular formula is C14H21N7O. The highest BCUT2D eigenvalue weighted by Crippen LogP contribution is 2.10. The summed E-state index contributed by atoms with van der Waals surface area (Å²) in [7, 11) is 7.46. The second kappa shape index (κ2) is 6.88. The summed E-state index contributed by atoms with van der Waals surface area (Å²) in [6.07, 6.45) is 3.69. The third-order valence-corrected chi connectivity index (χ3v) is 2.89. The Labute approximate surface area is 129 Å². The van der Waals surface area contributed by atoms with Gasteiger partial charge in [0.25, 0.3) is 0 Å². The molecule has 0 saturated heterocycles. The van der Waals surface area contributed by atoms with Crippen LogP contribution in [0.25, 0.3) is 0 Å². The predicted molar refractivity (Wildman–Crippen MR) is 84.8 cm³/mol. The van der Waals surface area contributed by atoms with Crippen LogP contribution < -0.4 is 15.1 Å². The van der Waals surface area contributed by atoms with E-state index in [0.29, 0.717) is 17.7 Å². The van der Waals surface area contributed by atoms with Crippen LogP contribution in [0.1, 0.15) is 5.82 Å². The Morgan fingerprint density at radius 3 is 2.09 bits per heavy atom. The molecule has 0 aliphatic heterocycles. The molecule has 0 atom stereocenters. The van der Waals surface area contributed by atoms with Crippen molar-refractivity contribution >= 4 is 17.8 Å². The zero-order valence-corrected chi connectivity index (χ0v) is 13.3. The van der Waals surface area contributed by atoms with Crippen LogP contribution in [0.15, 0.2) is 24.5 Å². The molecule has 0 unspecified atom stereocenters. The molecule has 1 amide bonds. The predicted octanol–water partition coefficient (Wildman–Crippen LogP) is 0.122. The van der Waals surface area contributed by atoms with E-state index in [1.807, 2.05) is 52.7 Å². The molecule has 0 spiro atoms. The molecule has 0 aliphatic carbocycles. The number of carbonyl (C=O) groups is 1. The van der Waals surface area contributed by atoms with E-state index in [1.165, 1.54) is 0 Å². The van der Waals surface area contributed by atoms with Gasteiger partial charge in [-0.15, -0.1) is 0 Å². The smallest absolute Gasteiger partial charge is 0.240 e. The highest BCUT2D eigenvalue weighted by Gasteiger charge is 2.10. The lowest BCUT2D eigenvalue weighted by atomic mass is 10.5. The fraction of sp³-hybridized carbons (Fsp3) is 0.429. The Morgan fingerprint density at radius 2 is 1.59 bits per heavy atom. The van der Waals surface area contributed by atoms with Crippen molar-refractivity contribution in [3.05, 3.63) is 30.4 Å². The van der Waals surface area contributed by atoms with Crippen molar-refractivity contribution in [1.82, 2.24) is 24.8 Å². The van der Waals surface area contributed by atoms with E-state index < -0.39 is 0 Å². The molecule has 8 nitrogen and oxygen atoms in total. The molecule has 1 N–H and O–H groups in total. The van der Waals surface area contributed by atoms with Gasteiger partial charge in [-0.25, -0.2) is 0 Å². The second-order valence-corrected chi connectivity index (χ2v) is 5.27. The molecule has 0 aliphatic rings. The standard InChI is InChI=1S/C14H21N7O/c1-19(2)13-16-11(17-14(18-13)20(3)4)9-15-12(22)10-21-7-5-6-8-21/h5-8H,9-10H2,1-4H3,(H,15,22). The van der Waals surface area contributed by atoms with Gasteiger partial charge in [0.05, 0.1) is 6.54 Å². The maximum absolute atomic E-state index is 11.9. The summed E-state index contributed by atoms with van der Waals surface area (Å²) in [6, 6.07) is 3.76. The summed E-state index contributed by atoms with van der Waals surface area (Å²) in [6.45, 7) is 0.545. The minimum absolute atomic E-state index is 0.0885. The molecule has 0 saturated carbocycles. The van der Waals surface area contributed by atoms with E-state index in [-0.39, 0.29) is 19.0 Å². The van der Waals surface area contributed by atoms with Gasteiger partial charge in [0.15, 0.2) is 5.82 Å². The third kappa shape index (κ3) is 4.18. The van der Waals surface area contributed by atoms with E-state index >= 15 is 0 Å². The lowest BCUT2D eigenvalue weighted by Gasteiger charge is -2.16. The minimum atomic E-state index is -0.0885. The molecule has 2 rings (SSSR count). The summed E-state index contributed by atoms with van der Waals surface area (Å²) in [5, 5.41) is 2.82. The molecule has 8 heteroatoms. The van der Waals surface area contributed by atoms with Crippen molar-refractivity contribution in [2.45, 2.75) is 13.1 Å². The monoisotopic (exact) mass is 303 g/mol. The van der Waals surface area contributed by atoms with Gasteiger partial charge in [0.2, 0.25) is 17.8 Å². The van der Waals surface area contributed by atoms with Gasteiger partial charge in [-0.05, 0) is 12.1 Å². The molecule has 22 heavy (non-hydrogen) atoms. The first-order valence-electron chi connectivity index (χ1n) is 6.93. The van der Waals surface area contributed by atoms with Crippen LogP contribution in [0.2, 0.25) is 0 Å². The van der Waals surface area contributed by atoms with Crippen molar-refractivity contribution in [1.29, 1.82) is 0 Å². The van der Waals surface area contributed by atoms with Gasteiger partial charge >= 0.3 is 0 Å². The van der Waals surface area contributed by atoms with Crippen molar-refractivity contribution in [3.63, 3.8) is 0 Å². The van der Waals surface area contributed by atoms with Crippen LogP contribution in [-0.2, 0) is 17.9 Å². The number of anilines is 2. The zero-order valence-electron chi connectivity index (χ0n) is 13.3. The number of hydrogen-bond acceptors (Lipinski definition) is 6. The number of amides is 1. The lowest BCUT2D eigenvalue weighted by Crippen LogP contribution is -2.28. The molecule has 0 bridgehead atoms. The van der Waals surface area contributed by atoms with Crippen LogP contribution in [-0.4, -0.2) is 53.6 Å². The summed E-state index contributed by atoms with van der Waals surface area (Å²) in [5.74, 6) is 1.57. The van der Waals surface area contributed by atoms with Crippen LogP contribution in [0.4, 0.5) is 11.9 Å². The number of nitrogens with one attached hydrogen (secondary N) is 1. The highest BCUT2D eigenvalue weighted by molar-refractivity contribution is 5.75. The van der Waals surface area contributed by atoms with Crippen molar-refractivity contribution < 1.29 is 4.79 Å². The summed E-state index contributed by atoms with van der Waals surface area (Å²) in [5.41, 5.74) is 0. The summed E-state index contributed by atoms with van der Waals surface area (Å²) >= 11 is 0. The van der Waals surface area contributed by atoms with Gasteiger partial charge in [0, 0.05) is 40.6 Å². The normalized spacial score (nSPS) is 10.4. The van der Waals surface area contributed by atoms with Gasteiger partial charge in [0.1, 0.15) is 6.54 Å². The van der Waals surface area contributed by atoms with Crippen LogP contribution in [0.5, 0.6) is 0 Å².